The molecule has 0 saturated carbocycles. The molecule has 1 aromatic heterocycles. The fraction of sp³-hybridized carbons (Fsp3) is 0.250. The van der Waals surface area contributed by atoms with Crippen LogP contribution in [0.2, 0.25) is 0 Å². The van der Waals surface area contributed by atoms with Crippen molar-refractivity contribution in [3.8, 4) is 6.07 Å². The number of ketones is 1. The lowest BCUT2D eigenvalue weighted by Crippen LogP contribution is -2.38. The van der Waals surface area contributed by atoms with Crippen LogP contribution in [0.25, 0.3) is 0 Å². The van der Waals surface area contributed by atoms with Gasteiger partial charge in [-0.1, -0.05) is 35.2 Å². The molecule has 2 aromatic rings. The summed E-state index contributed by atoms with van der Waals surface area (Å²) < 4.78 is 14.0. The first-order valence-electron chi connectivity index (χ1n) is 9.37. The van der Waals surface area contributed by atoms with E-state index in [9.17, 15) is 19.2 Å². The SMILES string of the molecule is N#CC1=C(N)N(c2nnc(SCC(N)=O)s2)C2=C(C(=O)CCC2)C1c1ccc(F)cc1. The number of primary amides is 1. The molecule has 0 saturated heterocycles. The molecule has 1 aliphatic heterocycles. The lowest BCUT2D eigenvalue weighted by atomic mass is 9.76. The third-order valence-electron chi connectivity index (χ3n) is 5.04. The average molecular weight is 457 g/mol. The lowest BCUT2D eigenvalue weighted by Gasteiger charge is -2.38. The Morgan fingerprint density at radius 2 is 2.06 bits per heavy atom. The van der Waals surface area contributed by atoms with Crippen LogP contribution < -0.4 is 16.4 Å². The van der Waals surface area contributed by atoms with Crippen molar-refractivity contribution in [2.24, 2.45) is 11.5 Å². The predicted molar refractivity (Wildman–Crippen MR) is 114 cm³/mol. The zero-order valence-corrected chi connectivity index (χ0v) is 17.8. The van der Waals surface area contributed by atoms with Gasteiger partial charge in [0.05, 0.1) is 23.3 Å². The van der Waals surface area contributed by atoms with E-state index in [0.717, 1.165) is 11.8 Å². The van der Waals surface area contributed by atoms with Gasteiger partial charge in [0.25, 0.3) is 0 Å². The maximum Gasteiger partial charge on any atom is 0.227 e. The summed E-state index contributed by atoms with van der Waals surface area (Å²) in [5.74, 6) is -1.41. The molecule has 2 heterocycles. The minimum Gasteiger partial charge on any atom is -0.384 e. The number of thioether (sulfide) groups is 1. The average Bonchev–Trinajstić information content (AvgIpc) is 3.21. The van der Waals surface area contributed by atoms with Crippen LogP contribution >= 0.6 is 23.1 Å². The van der Waals surface area contributed by atoms with Crippen LogP contribution in [0.1, 0.15) is 30.7 Å². The molecule has 158 valence electrons. The maximum atomic E-state index is 13.5. The Morgan fingerprint density at radius 1 is 1.32 bits per heavy atom. The molecule has 0 bridgehead atoms. The molecule has 4 rings (SSSR count). The lowest BCUT2D eigenvalue weighted by molar-refractivity contribution is -0.116. The van der Waals surface area contributed by atoms with E-state index in [-0.39, 0.29) is 22.9 Å². The summed E-state index contributed by atoms with van der Waals surface area (Å²) in [6.07, 6.45) is 1.57. The number of nitrogens with zero attached hydrogens (tertiary/aromatic N) is 4. The zero-order valence-electron chi connectivity index (χ0n) is 16.2. The number of carbonyl (C=O) groups excluding carboxylic acids is 2. The van der Waals surface area contributed by atoms with Crippen molar-refractivity contribution in [1.29, 1.82) is 5.26 Å². The van der Waals surface area contributed by atoms with Gasteiger partial charge in [-0.25, -0.2) is 4.39 Å². The molecule has 1 aromatic carbocycles. The molecular weight excluding hydrogens is 439 g/mol. The quantitative estimate of drug-likeness (QED) is 0.655. The fourth-order valence-electron chi connectivity index (χ4n) is 3.78. The number of nitriles is 1. The number of amides is 1. The minimum atomic E-state index is -0.665. The third-order valence-corrected chi connectivity index (χ3v) is 7.11. The number of carbonyl (C=O) groups is 2. The normalized spacial score (nSPS) is 18.8. The molecule has 11 heteroatoms. The van der Waals surface area contributed by atoms with E-state index in [4.69, 9.17) is 11.5 Å². The van der Waals surface area contributed by atoms with Crippen molar-refractivity contribution < 1.29 is 14.0 Å². The fourth-order valence-corrected chi connectivity index (χ4v) is 5.40. The van der Waals surface area contributed by atoms with Crippen molar-refractivity contribution >= 4 is 39.9 Å². The van der Waals surface area contributed by atoms with Gasteiger partial charge >= 0.3 is 0 Å². The maximum absolute atomic E-state index is 13.5. The largest absolute Gasteiger partial charge is 0.384 e. The molecule has 8 nitrogen and oxygen atoms in total. The number of benzene rings is 1. The summed E-state index contributed by atoms with van der Waals surface area (Å²) in [7, 11) is 0. The van der Waals surface area contributed by atoms with Crippen LogP contribution in [0.15, 0.2) is 51.3 Å². The van der Waals surface area contributed by atoms with E-state index < -0.39 is 17.6 Å². The van der Waals surface area contributed by atoms with Gasteiger partial charge in [-0.2, -0.15) is 5.26 Å². The Bertz CT molecular complexity index is 1170. The summed E-state index contributed by atoms with van der Waals surface area (Å²) >= 11 is 2.35. The van der Waals surface area contributed by atoms with E-state index in [1.165, 1.54) is 23.5 Å². The summed E-state index contributed by atoms with van der Waals surface area (Å²) in [6, 6.07) is 7.87. The van der Waals surface area contributed by atoms with Crippen LogP contribution in [-0.4, -0.2) is 27.6 Å². The first kappa shape index (κ1) is 21.0. The Morgan fingerprint density at radius 3 is 2.74 bits per heavy atom. The van der Waals surface area contributed by atoms with E-state index in [2.05, 4.69) is 16.3 Å². The molecule has 4 N–H and O–H groups in total. The number of allylic oxidation sites excluding steroid dienone is 3. The van der Waals surface area contributed by atoms with Crippen LogP contribution in [0.4, 0.5) is 9.52 Å². The van der Waals surface area contributed by atoms with E-state index >= 15 is 0 Å². The summed E-state index contributed by atoms with van der Waals surface area (Å²) in [4.78, 5) is 25.6. The monoisotopic (exact) mass is 456 g/mol. The van der Waals surface area contributed by atoms with E-state index in [1.807, 2.05) is 0 Å². The first-order valence-corrected chi connectivity index (χ1v) is 11.2. The van der Waals surface area contributed by atoms with Gasteiger partial charge in [-0.15, -0.1) is 10.2 Å². The highest BCUT2D eigenvalue weighted by atomic mass is 32.2. The number of hydrogen-bond donors (Lipinski definition) is 2. The highest BCUT2D eigenvalue weighted by Gasteiger charge is 2.41. The number of Topliss-reactive ketones (excluding diaryl/α,β-unsaturated/α-hetero) is 1. The van der Waals surface area contributed by atoms with Crippen molar-refractivity contribution in [3.63, 3.8) is 0 Å². The number of hydrogen-bond acceptors (Lipinski definition) is 9. The van der Waals surface area contributed by atoms with Gasteiger partial charge in [0.2, 0.25) is 11.0 Å². The second-order valence-corrected chi connectivity index (χ2v) is 9.15. The van der Waals surface area contributed by atoms with Gasteiger partial charge in [0.1, 0.15) is 11.6 Å². The van der Waals surface area contributed by atoms with Crippen LogP contribution in [0.5, 0.6) is 0 Å². The number of nitrogens with two attached hydrogens (primary N) is 2. The smallest absolute Gasteiger partial charge is 0.227 e. The van der Waals surface area contributed by atoms with Crippen molar-refractivity contribution in [1.82, 2.24) is 10.2 Å². The highest BCUT2D eigenvalue weighted by Crippen LogP contribution is 2.47. The summed E-state index contributed by atoms with van der Waals surface area (Å²) in [6.45, 7) is 0. The Labute approximate surface area is 185 Å². The molecule has 1 amide bonds. The van der Waals surface area contributed by atoms with E-state index in [0.29, 0.717) is 45.6 Å². The highest BCUT2D eigenvalue weighted by molar-refractivity contribution is 8.01. The predicted octanol–water partition coefficient (Wildman–Crippen LogP) is 2.56. The molecule has 1 unspecified atom stereocenters. The second kappa shape index (κ2) is 8.49. The third kappa shape index (κ3) is 3.92. The van der Waals surface area contributed by atoms with Crippen LogP contribution in [-0.2, 0) is 9.59 Å². The molecule has 0 spiro atoms. The second-order valence-electron chi connectivity index (χ2n) is 6.97. The molecule has 31 heavy (non-hydrogen) atoms. The zero-order chi connectivity index (χ0) is 22.1. The van der Waals surface area contributed by atoms with Gasteiger partial charge in [0.15, 0.2) is 10.1 Å². The molecule has 0 radical (unpaired) electrons. The molecule has 2 aliphatic rings. The number of anilines is 1. The van der Waals surface area contributed by atoms with Gasteiger partial charge < -0.3 is 11.5 Å². The van der Waals surface area contributed by atoms with Gasteiger partial charge in [-0.05, 0) is 30.5 Å². The summed E-state index contributed by atoms with van der Waals surface area (Å²) in [5, 5.41) is 18.6. The molecule has 1 atom stereocenters. The molecule has 1 aliphatic carbocycles. The van der Waals surface area contributed by atoms with Gasteiger partial charge in [-0.3, -0.25) is 14.5 Å². The van der Waals surface area contributed by atoms with Crippen molar-refractivity contribution in [2.75, 3.05) is 10.7 Å². The first-order chi connectivity index (χ1) is 14.9. The number of halogens is 1. The number of aromatic nitrogens is 2. The number of rotatable bonds is 5. The molecular formula is C20H17FN6O2S2. The van der Waals surface area contributed by atoms with Crippen molar-refractivity contribution in [2.45, 2.75) is 29.5 Å². The summed E-state index contributed by atoms with van der Waals surface area (Å²) in [5.41, 5.74) is 13.6. The van der Waals surface area contributed by atoms with Crippen LogP contribution in [0.3, 0.4) is 0 Å². The molecule has 0 fully saturated rings. The Balaban J connectivity index is 1.83. The minimum absolute atomic E-state index is 0.0580. The van der Waals surface area contributed by atoms with Crippen LogP contribution in [0, 0.1) is 17.1 Å². The standard InChI is InChI=1S/C20H17FN6O2S2/c21-11-6-4-10(5-7-11)16-12(8-22)18(24)27(13-2-1-3-14(28)17(13)16)19-25-26-20(31-19)30-9-15(23)29/h4-7,16H,1-3,9,24H2,(H2,23,29). The van der Waals surface area contributed by atoms with Gasteiger partial charge in [0, 0.05) is 17.7 Å². The van der Waals surface area contributed by atoms with E-state index in [1.54, 1.807) is 17.0 Å². The Kier molecular flexibility index (Phi) is 5.75. The van der Waals surface area contributed by atoms with Crippen molar-refractivity contribution in [3.05, 3.63) is 58.3 Å². The topological polar surface area (TPSA) is 139 Å². The Hall–Kier alpha value is -3.23.